The number of halogens is 1. The number of nitrogens with one attached hydrogen (secondary N) is 2. The third-order valence-corrected chi connectivity index (χ3v) is 4.17. The summed E-state index contributed by atoms with van der Waals surface area (Å²) in [7, 11) is 0. The molecule has 0 aliphatic heterocycles. The molecule has 0 bridgehead atoms. The fraction of sp³-hybridized carbons (Fsp3) is 0.150. The van der Waals surface area contributed by atoms with Gasteiger partial charge in [0.1, 0.15) is 0 Å². The van der Waals surface area contributed by atoms with Crippen molar-refractivity contribution in [3.8, 4) is 5.69 Å². The van der Waals surface area contributed by atoms with Gasteiger partial charge in [-0.25, -0.2) is 4.68 Å². The lowest BCUT2D eigenvalue weighted by molar-refractivity contribution is -0.120. The van der Waals surface area contributed by atoms with E-state index in [-0.39, 0.29) is 18.4 Å². The number of hydrogen-bond donors (Lipinski definition) is 2. The molecule has 6 nitrogen and oxygen atoms in total. The van der Waals surface area contributed by atoms with Gasteiger partial charge in [-0.15, -0.1) is 0 Å². The van der Waals surface area contributed by atoms with E-state index >= 15 is 0 Å². The van der Waals surface area contributed by atoms with Crippen LogP contribution in [0, 0.1) is 0 Å². The zero-order chi connectivity index (χ0) is 19.1. The first-order chi connectivity index (χ1) is 13.1. The summed E-state index contributed by atoms with van der Waals surface area (Å²) >= 11 is 5.85. The maximum Gasteiger partial charge on any atom is 0.251 e. The van der Waals surface area contributed by atoms with Gasteiger partial charge in [-0.3, -0.25) is 9.59 Å². The highest BCUT2D eigenvalue weighted by atomic mass is 35.5. The van der Waals surface area contributed by atoms with Crippen molar-refractivity contribution in [2.24, 2.45) is 0 Å². The first-order valence-corrected chi connectivity index (χ1v) is 8.89. The van der Waals surface area contributed by atoms with Crippen LogP contribution in [0.3, 0.4) is 0 Å². The van der Waals surface area contributed by atoms with Crippen LogP contribution in [0.5, 0.6) is 0 Å². The van der Waals surface area contributed by atoms with Crippen molar-refractivity contribution in [2.75, 3.05) is 13.1 Å². The van der Waals surface area contributed by atoms with E-state index < -0.39 is 0 Å². The Morgan fingerprint density at radius 1 is 1.04 bits per heavy atom. The number of hydrogen-bond acceptors (Lipinski definition) is 3. The summed E-state index contributed by atoms with van der Waals surface area (Å²) in [5, 5.41) is 10.0. The SMILES string of the molecule is O=C(CNC(=O)c1cccc(Cl)c1)NCCc1ccc(-n2cccn2)cc1. The predicted octanol–water partition coefficient (Wildman–Crippen LogP) is 2.61. The van der Waals surface area contributed by atoms with Crippen LogP contribution in [-0.4, -0.2) is 34.7 Å². The second-order valence-electron chi connectivity index (χ2n) is 5.91. The largest absolute Gasteiger partial charge is 0.354 e. The van der Waals surface area contributed by atoms with Crippen LogP contribution in [0.2, 0.25) is 5.02 Å². The standard InChI is InChI=1S/C20H19ClN4O2/c21-17-4-1-3-16(13-17)20(27)23-14-19(26)22-11-9-15-5-7-18(8-6-15)25-12-2-10-24-25/h1-8,10,12-13H,9,11,14H2,(H,22,26)(H,23,27). The predicted molar refractivity (Wildman–Crippen MR) is 104 cm³/mol. The number of carbonyl (C=O) groups excluding carboxylic acids is 2. The Kier molecular flexibility index (Phi) is 6.22. The van der Waals surface area contributed by atoms with Gasteiger partial charge < -0.3 is 10.6 Å². The molecule has 7 heteroatoms. The van der Waals surface area contributed by atoms with E-state index in [1.54, 1.807) is 35.1 Å². The topological polar surface area (TPSA) is 76.0 Å². The third-order valence-electron chi connectivity index (χ3n) is 3.94. The van der Waals surface area contributed by atoms with Crippen molar-refractivity contribution in [3.05, 3.63) is 83.1 Å². The Bertz CT molecular complexity index is 908. The number of rotatable bonds is 7. The minimum Gasteiger partial charge on any atom is -0.354 e. The molecule has 0 saturated heterocycles. The Morgan fingerprint density at radius 2 is 1.85 bits per heavy atom. The molecule has 0 saturated carbocycles. The lowest BCUT2D eigenvalue weighted by Gasteiger charge is -2.08. The zero-order valence-corrected chi connectivity index (χ0v) is 15.3. The van der Waals surface area contributed by atoms with E-state index in [1.807, 2.05) is 36.5 Å². The smallest absolute Gasteiger partial charge is 0.251 e. The maximum absolute atomic E-state index is 12.0. The summed E-state index contributed by atoms with van der Waals surface area (Å²) in [6.45, 7) is 0.413. The lowest BCUT2D eigenvalue weighted by Crippen LogP contribution is -2.37. The van der Waals surface area contributed by atoms with Crippen molar-refractivity contribution >= 4 is 23.4 Å². The molecular weight excluding hydrogens is 364 g/mol. The van der Waals surface area contributed by atoms with Gasteiger partial charge in [0.2, 0.25) is 5.91 Å². The molecule has 0 aliphatic rings. The summed E-state index contributed by atoms with van der Waals surface area (Å²) in [6.07, 6.45) is 4.31. The van der Waals surface area contributed by atoms with Crippen molar-refractivity contribution in [1.29, 1.82) is 0 Å². The van der Waals surface area contributed by atoms with Gasteiger partial charge in [0.25, 0.3) is 5.91 Å². The van der Waals surface area contributed by atoms with Crippen LogP contribution >= 0.6 is 11.6 Å². The van der Waals surface area contributed by atoms with E-state index in [1.165, 1.54) is 0 Å². The monoisotopic (exact) mass is 382 g/mol. The normalized spacial score (nSPS) is 10.4. The number of aromatic nitrogens is 2. The Hall–Kier alpha value is -3.12. The molecule has 2 aromatic carbocycles. The molecule has 1 heterocycles. The Morgan fingerprint density at radius 3 is 2.56 bits per heavy atom. The van der Waals surface area contributed by atoms with E-state index in [0.717, 1.165) is 11.3 Å². The summed E-state index contributed by atoms with van der Waals surface area (Å²) in [5.41, 5.74) is 2.51. The van der Waals surface area contributed by atoms with Crippen molar-refractivity contribution in [2.45, 2.75) is 6.42 Å². The first-order valence-electron chi connectivity index (χ1n) is 8.51. The zero-order valence-electron chi connectivity index (χ0n) is 14.6. The van der Waals surface area contributed by atoms with Crippen LogP contribution in [-0.2, 0) is 11.2 Å². The van der Waals surface area contributed by atoms with Crippen molar-refractivity contribution in [3.63, 3.8) is 0 Å². The molecule has 2 N–H and O–H groups in total. The number of carbonyl (C=O) groups is 2. The summed E-state index contributed by atoms with van der Waals surface area (Å²) in [6, 6.07) is 16.4. The molecule has 0 aliphatic carbocycles. The molecule has 3 aromatic rings. The first kappa shape index (κ1) is 18.7. The Labute approximate surface area is 162 Å². The molecule has 3 rings (SSSR count). The number of benzene rings is 2. The molecule has 138 valence electrons. The Balaban J connectivity index is 1.40. The average molecular weight is 383 g/mol. The molecule has 27 heavy (non-hydrogen) atoms. The van der Waals surface area contributed by atoms with Gasteiger partial charge in [0, 0.05) is 29.5 Å². The minimum atomic E-state index is -0.332. The van der Waals surface area contributed by atoms with Crippen molar-refractivity contribution in [1.82, 2.24) is 20.4 Å². The van der Waals surface area contributed by atoms with E-state index in [9.17, 15) is 9.59 Å². The number of nitrogens with zero attached hydrogens (tertiary/aromatic N) is 2. The highest BCUT2D eigenvalue weighted by Gasteiger charge is 2.08. The molecule has 0 radical (unpaired) electrons. The fourth-order valence-electron chi connectivity index (χ4n) is 2.54. The van der Waals surface area contributed by atoms with Crippen molar-refractivity contribution < 1.29 is 9.59 Å². The van der Waals surface area contributed by atoms with Crippen LogP contribution in [0.25, 0.3) is 5.69 Å². The second-order valence-corrected chi connectivity index (χ2v) is 6.35. The molecular formula is C20H19ClN4O2. The highest BCUT2D eigenvalue weighted by Crippen LogP contribution is 2.10. The van der Waals surface area contributed by atoms with Crippen LogP contribution in [0.4, 0.5) is 0 Å². The molecule has 0 spiro atoms. The average Bonchev–Trinajstić information content (AvgIpc) is 3.21. The van der Waals surface area contributed by atoms with Gasteiger partial charge in [0.05, 0.1) is 12.2 Å². The second kappa shape index (κ2) is 9.00. The fourth-order valence-corrected chi connectivity index (χ4v) is 2.73. The highest BCUT2D eigenvalue weighted by molar-refractivity contribution is 6.30. The van der Waals surface area contributed by atoms with Crippen LogP contribution in [0.1, 0.15) is 15.9 Å². The van der Waals surface area contributed by atoms with E-state index in [2.05, 4.69) is 15.7 Å². The minimum absolute atomic E-state index is 0.0798. The molecule has 0 fully saturated rings. The van der Waals surface area contributed by atoms with E-state index in [0.29, 0.717) is 23.6 Å². The van der Waals surface area contributed by atoms with Gasteiger partial charge in [-0.2, -0.15) is 5.10 Å². The van der Waals surface area contributed by atoms with Gasteiger partial charge in [-0.05, 0) is 48.4 Å². The quantitative estimate of drug-likeness (QED) is 0.659. The van der Waals surface area contributed by atoms with E-state index in [4.69, 9.17) is 11.6 Å². The van der Waals surface area contributed by atoms with Gasteiger partial charge in [-0.1, -0.05) is 29.8 Å². The molecule has 1 aromatic heterocycles. The molecule has 0 unspecified atom stereocenters. The van der Waals surface area contributed by atoms with Crippen LogP contribution < -0.4 is 10.6 Å². The summed E-state index contributed by atoms with van der Waals surface area (Å²) < 4.78 is 1.79. The summed E-state index contributed by atoms with van der Waals surface area (Å²) in [5.74, 6) is -0.569. The summed E-state index contributed by atoms with van der Waals surface area (Å²) in [4.78, 5) is 23.9. The van der Waals surface area contributed by atoms with Gasteiger partial charge in [0.15, 0.2) is 0 Å². The number of amides is 2. The van der Waals surface area contributed by atoms with Crippen LogP contribution in [0.15, 0.2) is 67.0 Å². The lowest BCUT2D eigenvalue weighted by atomic mass is 10.1. The maximum atomic E-state index is 12.0. The van der Waals surface area contributed by atoms with Gasteiger partial charge >= 0.3 is 0 Å². The molecule has 0 atom stereocenters. The third kappa shape index (κ3) is 5.43. The molecule has 2 amide bonds.